The minimum atomic E-state index is -3.87. The highest BCUT2D eigenvalue weighted by Gasteiger charge is 2.26. The molecule has 0 saturated carbocycles. The van der Waals surface area contributed by atoms with Crippen molar-refractivity contribution in [2.75, 3.05) is 18.4 Å². The van der Waals surface area contributed by atoms with Gasteiger partial charge in [0, 0.05) is 12.2 Å². The first-order valence-corrected chi connectivity index (χ1v) is 9.40. The molecule has 0 atom stereocenters. The highest BCUT2D eigenvalue weighted by atomic mass is 32.2. The first kappa shape index (κ1) is 19.1. The van der Waals surface area contributed by atoms with E-state index in [1.807, 2.05) is 26.0 Å². The Morgan fingerprint density at radius 2 is 1.76 bits per heavy atom. The lowest BCUT2D eigenvalue weighted by molar-refractivity contribution is -0.116. The Morgan fingerprint density at radius 1 is 1.12 bits per heavy atom. The Labute approximate surface area is 147 Å². The van der Waals surface area contributed by atoms with Crippen LogP contribution in [0.25, 0.3) is 0 Å². The lowest BCUT2D eigenvalue weighted by atomic mass is 10.2. The van der Waals surface area contributed by atoms with Gasteiger partial charge in [-0.3, -0.25) is 4.79 Å². The number of benzene rings is 2. The van der Waals surface area contributed by atoms with Crippen molar-refractivity contribution in [2.24, 2.45) is 0 Å². The molecule has 5 nitrogen and oxygen atoms in total. The van der Waals surface area contributed by atoms with E-state index < -0.39 is 21.7 Å². The maximum atomic E-state index is 13.0. The Hall–Kier alpha value is -2.25. The fourth-order valence-electron chi connectivity index (χ4n) is 2.35. The van der Waals surface area contributed by atoms with Crippen LogP contribution in [-0.4, -0.2) is 31.7 Å². The smallest absolute Gasteiger partial charge is 0.243 e. The summed E-state index contributed by atoms with van der Waals surface area (Å²) in [4.78, 5) is 12.3. The number of anilines is 1. The van der Waals surface area contributed by atoms with E-state index >= 15 is 0 Å². The number of halogens is 1. The standard InChI is InChI=1S/C18H21FN2O3S/c1-3-12-21(25(23,24)16-10-8-15(19)9-11-16)13-18(22)20-17-7-5-4-6-14(17)2/h4-11H,3,12-13H2,1-2H3,(H,20,22). The van der Waals surface area contributed by atoms with Crippen LogP contribution >= 0.6 is 0 Å². The molecule has 0 aliphatic heterocycles. The van der Waals surface area contributed by atoms with Crippen molar-refractivity contribution in [1.82, 2.24) is 4.31 Å². The van der Waals surface area contributed by atoms with E-state index in [0.717, 1.165) is 22.0 Å². The fraction of sp³-hybridized carbons (Fsp3) is 0.278. The molecule has 0 radical (unpaired) electrons. The van der Waals surface area contributed by atoms with Gasteiger partial charge in [0.2, 0.25) is 15.9 Å². The third-order valence-electron chi connectivity index (χ3n) is 3.66. The van der Waals surface area contributed by atoms with Gasteiger partial charge in [-0.05, 0) is 49.2 Å². The molecule has 0 heterocycles. The quantitative estimate of drug-likeness (QED) is 0.821. The van der Waals surface area contributed by atoms with Crippen LogP contribution in [0.3, 0.4) is 0 Å². The molecule has 0 spiro atoms. The van der Waals surface area contributed by atoms with Crippen molar-refractivity contribution in [2.45, 2.75) is 25.2 Å². The predicted octanol–water partition coefficient (Wildman–Crippen LogP) is 3.17. The van der Waals surface area contributed by atoms with E-state index in [9.17, 15) is 17.6 Å². The van der Waals surface area contributed by atoms with E-state index in [4.69, 9.17) is 0 Å². The second-order valence-electron chi connectivity index (χ2n) is 5.66. The average Bonchev–Trinajstić information content (AvgIpc) is 2.57. The number of para-hydroxylation sites is 1. The Balaban J connectivity index is 2.18. The lowest BCUT2D eigenvalue weighted by Crippen LogP contribution is -2.38. The summed E-state index contributed by atoms with van der Waals surface area (Å²) in [6.45, 7) is 3.57. The van der Waals surface area contributed by atoms with Crippen LogP contribution in [0.2, 0.25) is 0 Å². The van der Waals surface area contributed by atoms with Crippen LogP contribution in [0.15, 0.2) is 53.4 Å². The summed E-state index contributed by atoms with van der Waals surface area (Å²) in [5, 5.41) is 2.73. The van der Waals surface area contributed by atoms with Crippen molar-refractivity contribution >= 4 is 21.6 Å². The number of sulfonamides is 1. The van der Waals surface area contributed by atoms with Gasteiger partial charge in [0.1, 0.15) is 5.82 Å². The largest absolute Gasteiger partial charge is 0.325 e. The topological polar surface area (TPSA) is 66.5 Å². The zero-order chi connectivity index (χ0) is 18.4. The molecular weight excluding hydrogens is 343 g/mol. The second kappa shape index (κ2) is 8.22. The highest BCUT2D eigenvalue weighted by molar-refractivity contribution is 7.89. The number of rotatable bonds is 7. The first-order valence-electron chi connectivity index (χ1n) is 7.95. The summed E-state index contributed by atoms with van der Waals surface area (Å²) in [6, 6.07) is 11.8. The molecule has 1 N–H and O–H groups in total. The van der Waals surface area contributed by atoms with Crippen LogP contribution in [0.5, 0.6) is 0 Å². The van der Waals surface area contributed by atoms with E-state index in [0.29, 0.717) is 12.1 Å². The maximum Gasteiger partial charge on any atom is 0.243 e. The predicted molar refractivity (Wildman–Crippen MR) is 95.3 cm³/mol. The summed E-state index contributed by atoms with van der Waals surface area (Å²) in [7, 11) is -3.87. The van der Waals surface area contributed by atoms with E-state index in [1.54, 1.807) is 12.1 Å². The van der Waals surface area contributed by atoms with Gasteiger partial charge >= 0.3 is 0 Å². The van der Waals surface area contributed by atoms with Gasteiger partial charge in [0.15, 0.2) is 0 Å². The van der Waals surface area contributed by atoms with Gasteiger partial charge in [0.05, 0.1) is 11.4 Å². The van der Waals surface area contributed by atoms with Gasteiger partial charge in [-0.1, -0.05) is 25.1 Å². The number of amides is 1. The Bertz CT molecular complexity index is 836. The summed E-state index contributed by atoms with van der Waals surface area (Å²) in [5.74, 6) is -0.938. The summed E-state index contributed by atoms with van der Waals surface area (Å²) >= 11 is 0. The molecule has 0 aliphatic carbocycles. The number of hydrogen-bond donors (Lipinski definition) is 1. The van der Waals surface area contributed by atoms with Gasteiger partial charge in [-0.2, -0.15) is 4.31 Å². The van der Waals surface area contributed by atoms with Gasteiger partial charge in [-0.25, -0.2) is 12.8 Å². The molecule has 0 bridgehead atoms. The number of aryl methyl sites for hydroxylation is 1. The minimum Gasteiger partial charge on any atom is -0.325 e. The van der Waals surface area contributed by atoms with E-state index in [2.05, 4.69) is 5.32 Å². The highest BCUT2D eigenvalue weighted by Crippen LogP contribution is 2.18. The molecule has 25 heavy (non-hydrogen) atoms. The van der Waals surface area contributed by atoms with Crippen molar-refractivity contribution < 1.29 is 17.6 Å². The number of nitrogens with one attached hydrogen (secondary N) is 1. The molecule has 2 rings (SSSR count). The van der Waals surface area contributed by atoms with E-state index in [1.165, 1.54) is 12.1 Å². The molecule has 0 saturated heterocycles. The Kier molecular flexibility index (Phi) is 6.27. The zero-order valence-electron chi connectivity index (χ0n) is 14.2. The summed E-state index contributed by atoms with van der Waals surface area (Å²) < 4.78 is 39.6. The van der Waals surface area contributed by atoms with Crippen molar-refractivity contribution in [3.63, 3.8) is 0 Å². The minimum absolute atomic E-state index is 0.0361. The maximum absolute atomic E-state index is 13.0. The SMILES string of the molecule is CCCN(CC(=O)Nc1ccccc1C)S(=O)(=O)c1ccc(F)cc1. The summed E-state index contributed by atoms with van der Waals surface area (Å²) in [5.41, 5.74) is 1.53. The molecule has 0 unspecified atom stereocenters. The van der Waals surface area contributed by atoms with Crippen molar-refractivity contribution in [1.29, 1.82) is 0 Å². The van der Waals surface area contributed by atoms with Crippen LogP contribution in [0.1, 0.15) is 18.9 Å². The molecule has 7 heteroatoms. The number of hydrogen-bond acceptors (Lipinski definition) is 3. The number of carbonyl (C=O) groups is 1. The normalized spacial score (nSPS) is 11.5. The monoisotopic (exact) mass is 364 g/mol. The average molecular weight is 364 g/mol. The molecule has 0 fully saturated rings. The molecule has 1 amide bonds. The lowest BCUT2D eigenvalue weighted by Gasteiger charge is -2.21. The summed E-state index contributed by atoms with van der Waals surface area (Å²) in [6.07, 6.45) is 0.554. The Morgan fingerprint density at radius 3 is 2.36 bits per heavy atom. The molecule has 0 aliphatic rings. The number of nitrogens with zero attached hydrogens (tertiary/aromatic N) is 1. The van der Waals surface area contributed by atoms with Crippen LogP contribution < -0.4 is 5.32 Å². The van der Waals surface area contributed by atoms with Crippen LogP contribution in [0, 0.1) is 12.7 Å². The number of carbonyl (C=O) groups excluding carboxylic acids is 1. The molecular formula is C18H21FN2O3S. The third-order valence-corrected chi connectivity index (χ3v) is 5.52. The van der Waals surface area contributed by atoms with Crippen LogP contribution in [-0.2, 0) is 14.8 Å². The van der Waals surface area contributed by atoms with Gasteiger partial charge in [-0.15, -0.1) is 0 Å². The molecule has 134 valence electrons. The van der Waals surface area contributed by atoms with Crippen molar-refractivity contribution in [3.8, 4) is 0 Å². The van der Waals surface area contributed by atoms with Crippen LogP contribution in [0.4, 0.5) is 10.1 Å². The molecule has 2 aromatic rings. The molecule has 0 aromatic heterocycles. The zero-order valence-corrected chi connectivity index (χ0v) is 15.0. The van der Waals surface area contributed by atoms with E-state index in [-0.39, 0.29) is 18.0 Å². The van der Waals surface area contributed by atoms with Gasteiger partial charge in [0.25, 0.3) is 0 Å². The first-order chi connectivity index (χ1) is 11.8. The van der Waals surface area contributed by atoms with Gasteiger partial charge < -0.3 is 5.32 Å². The van der Waals surface area contributed by atoms with Crippen molar-refractivity contribution in [3.05, 3.63) is 59.9 Å². The second-order valence-corrected chi connectivity index (χ2v) is 7.59. The molecule has 2 aromatic carbocycles. The third kappa shape index (κ3) is 4.87. The fourth-order valence-corrected chi connectivity index (χ4v) is 3.84.